The number of amides is 3. The molecule has 2 aromatic heterocycles. The SMILES string of the molecule is O=C(Cc1c[nH]c2ccccc12)N1CCN(C(=O)NCc2cccc(Cn3ccnc3)c2)CC1. The van der Waals surface area contributed by atoms with Crippen LogP contribution in [0.25, 0.3) is 10.9 Å². The van der Waals surface area contributed by atoms with Gasteiger partial charge in [-0.05, 0) is 22.8 Å². The largest absolute Gasteiger partial charge is 0.361 e. The fraction of sp³-hybridized carbons (Fsp3) is 0.269. The van der Waals surface area contributed by atoms with Crippen molar-refractivity contribution in [1.29, 1.82) is 0 Å². The number of hydrogen-bond donors (Lipinski definition) is 2. The lowest BCUT2D eigenvalue weighted by atomic mass is 10.1. The van der Waals surface area contributed by atoms with E-state index in [0.717, 1.165) is 34.1 Å². The molecule has 8 heteroatoms. The van der Waals surface area contributed by atoms with E-state index in [2.05, 4.69) is 27.4 Å². The zero-order chi connectivity index (χ0) is 23.3. The summed E-state index contributed by atoms with van der Waals surface area (Å²) in [5.41, 5.74) is 4.26. The molecule has 5 rings (SSSR count). The Morgan fingerprint density at radius 3 is 2.59 bits per heavy atom. The predicted octanol–water partition coefficient (Wildman–Crippen LogP) is 3.01. The number of nitrogens with one attached hydrogen (secondary N) is 2. The van der Waals surface area contributed by atoms with Gasteiger partial charge in [-0.15, -0.1) is 0 Å². The second kappa shape index (κ2) is 9.82. The van der Waals surface area contributed by atoms with E-state index in [1.807, 2.05) is 58.3 Å². The number of carbonyl (C=O) groups is 2. The molecule has 1 aliphatic heterocycles. The van der Waals surface area contributed by atoms with Crippen molar-refractivity contribution in [1.82, 2.24) is 29.7 Å². The van der Waals surface area contributed by atoms with Crippen molar-refractivity contribution in [2.45, 2.75) is 19.5 Å². The van der Waals surface area contributed by atoms with E-state index in [9.17, 15) is 9.59 Å². The van der Waals surface area contributed by atoms with Crippen LogP contribution < -0.4 is 5.32 Å². The van der Waals surface area contributed by atoms with E-state index in [-0.39, 0.29) is 11.9 Å². The smallest absolute Gasteiger partial charge is 0.317 e. The Morgan fingerprint density at radius 1 is 0.971 bits per heavy atom. The molecule has 8 nitrogen and oxygen atoms in total. The van der Waals surface area contributed by atoms with Crippen molar-refractivity contribution in [2.75, 3.05) is 26.2 Å². The molecule has 174 valence electrons. The number of aromatic nitrogens is 3. The topological polar surface area (TPSA) is 86.3 Å². The highest BCUT2D eigenvalue weighted by atomic mass is 16.2. The lowest BCUT2D eigenvalue weighted by molar-refractivity contribution is -0.131. The number of H-pyrrole nitrogens is 1. The minimum absolute atomic E-state index is 0.0938. The first-order chi connectivity index (χ1) is 16.7. The normalized spacial score (nSPS) is 13.9. The number of imidazole rings is 1. The average Bonchev–Trinajstić information content (AvgIpc) is 3.53. The maximum Gasteiger partial charge on any atom is 0.317 e. The zero-order valence-electron chi connectivity index (χ0n) is 19.0. The van der Waals surface area contributed by atoms with E-state index >= 15 is 0 Å². The molecular formula is C26H28N6O2. The van der Waals surface area contributed by atoms with E-state index in [1.54, 1.807) is 17.4 Å². The highest BCUT2D eigenvalue weighted by molar-refractivity contribution is 5.89. The molecule has 0 radical (unpaired) electrons. The number of nitrogens with zero attached hydrogens (tertiary/aromatic N) is 4. The van der Waals surface area contributed by atoms with Crippen LogP contribution >= 0.6 is 0 Å². The molecule has 0 bridgehead atoms. The Bertz CT molecular complexity index is 1270. The van der Waals surface area contributed by atoms with Gasteiger partial charge in [0.25, 0.3) is 0 Å². The fourth-order valence-electron chi connectivity index (χ4n) is 4.43. The Hall–Kier alpha value is -4.07. The van der Waals surface area contributed by atoms with Gasteiger partial charge in [0, 0.05) is 68.8 Å². The maximum atomic E-state index is 12.8. The maximum absolute atomic E-state index is 12.8. The monoisotopic (exact) mass is 456 g/mol. The van der Waals surface area contributed by atoms with Crippen LogP contribution in [0, 0.1) is 0 Å². The molecule has 1 aliphatic rings. The van der Waals surface area contributed by atoms with Gasteiger partial charge in [0.2, 0.25) is 5.91 Å². The molecule has 1 saturated heterocycles. The van der Waals surface area contributed by atoms with E-state index in [0.29, 0.717) is 39.1 Å². The van der Waals surface area contributed by atoms with Gasteiger partial charge >= 0.3 is 6.03 Å². The number of para-hydroxylation sites is 1. The minimum atomic E-state index is -0.0938. The van der Waals surface area contributed by atoms with Gasteiger partial charge in [-0.1, -0.05) is 42.5 Å². The molecule has 0 saturated carbocycles. The van der Waals surface area contributed by atoms with Gasteiger partial charge in [0.1, 0.15) is 0 Å². The molecule has 4 aromatic rings. The number of piperazine rings is 1. The molecular weight excluding hydrogens is 428 g/mol. The molecule has 0 unspecified atom stereocenters. The Kier molecular flexibility index (Phi) is 6.29. The standard InChI is InChI=1S/C26H28N6O2/c33-25(15-22-17-28-24-7-2-1-6-23(22)24)31-10-12-32(13-11-31)26(34)29-16-20-4-3-5-21(14-20)18-30-9-8-27-19-30/h1-9,14,17,19,28H,10-13,15-16,18H2,(H,29,34). The number of benzene rings is 2. The number of fused-ring (bicyclic) bond motifs is 1. The average molecular weight is 457 g/mol. The fourth-order valence-corrected chi connectivity index (χ4v) is 4.43. The number of carbonyl (C=O) groups excluding carboxylic acids is 2. The molecule has 2 aromatic carbocycles. The van der Waals surface area contributed by atoms with E-state index in [4.69, 9.17) is 0 Å². The summed E-state index contributed by atoms with van der Waals surface area (Å²) in [5, 5.41) is 4.10. The van der Waals surface area contributed by atoms with Crippen LogP contribution in [-0.4, -0.2) is 62.5 Å². The molecule has 2 N–H and O–H groups in total. The van der Waals surface area contributed by atoms with Crippen LogP contribution in [0.15, 0.2) is 73.4 Å². The summed E-state index contributed by atoms with van der Waals surface area (Å²) in [6.45, 7) is 3.38. The van der Waals surface area contributed by atoms with Crippen molar-refractivity contribution in [3.8, 4) is 0 Å². The minimum Gasteiger partial charge on any atom is -0.361 e. The van der Waals surface area contributed by atoms with Crippen LogP contribution in [0.1, 0.15) is 16.7 Å². The summed E-state index contributed by atoms with van der Waals surface area (Å²) in [6.07, 6.45) is 7.76. The highest BCUT2D eigenvalue weighted by Gasteiger charge is 2.24. The Labute approximate surface area is 198 Å². The summed E-state index contributed by atoms with van der Waals surface area (Å²) < 4.78 is 2.01. The number of urea groups is 1. The van der Waals surface area contributed by atoms with Crippen LogP contribution in [-0.2, 0) is 24.3 Å². The van der Waals surface area contributed by atoms with Crippen LogP contribution in [0.5, 0.6) is 0 Å². The van der Waals surface area contributed by atoms with E-state index < -0.39 is 0 Å². The summed E-state index contributed by atoms with van der Waals surface area (Å²) >= 11 is 0. The molecule has 0 aliphatic carbocycles. The summed E-state index contributed by atoms with van der Waals surface area (Å²) in [5.74, 6) is 0.0968. The molecule has 0 atom stereocenters. The van der Waals surface area contributed by atoms with Gasteiger partial charge in [-0.25, -0.2) is 9.78 Å². The van der Waals surface area contributed by atoms with Gasteiger partial charge in [0.15, 0.2) is 0 Å². The van der Waals surface area contributed by atoms with Gasteiger partial charge in [0.05, 0.1) is 12.7 Å². The summed E-state index contributed by atoms with van der Waals surface area (Å²) in [4.78, 5) is 36.4. The molecule has 1 fully saturated rings. The molecule has 3 amide bonds. The molecule has 0 spiro atoms. The van der Waals surface area contributed by atoms with Crippen molar-refractivity contribution in [3.63, 3.8) is 0 Å². The van der Waals surface area contributed by atoms with Gasteiger partial charge in [-0.3, -0.25) is 4.79 Å². The third kappa shape index (κ3) is 4.96. The van der Waals surface area contributed by atoms with Crippen LogP contribution in [0.3, 0.4) is 0 Å². The Balaban J connectivity index is 1.09. The second-order valence-corrected chi connectivity index (χ2v) is 8.62. The van der Waals surface area contributed by atoms with Crippen molar-refractivity contribution in [3.05, 3.63) is 90.1 Å². The van der Waals surface area contributed by atoms with Gasteiger partial charge < -0.3 is 24.7 Å². The second-order valence-electron chi connectivity index (χ2n) is 8.62. The van der Waals surface area contributed by atoms with Gasteiger partial charge in [-0.2, -0.15) is 0 Å². The molecule has 34 heavy (non-hydrogen) atoms. The third-order valence-electron chi connectivity index (χ3n) is 6.30. The number of aromatic amines is 1. The zero-order valence-corrected chi connectivity index (χ0v) is 19.0. The van der Waals surface area contributed by atoms with Crippen molar-refractivity contribution in [2.24, 2.45) is 0 Å². The van der Waals surface area contributed by atoms with Crippen LogP contribution in [0.4, 0.5) is 4.79 Å². The predicted molar refractivity (Wildman–Crippen MR) is 130 cm³/mol. The molecule has 3 heterocycles. The first kappa shape index (κ1) is 21.8. The number of rotatable bonds is 6. The lowest BCUT2D eigenvalue weighted by Crippen LogP contribution is -2.53. The van der Waals surface area contributed by atoms with Crippen LogP contribution in [0.2, 0.25) is 0 Å². The Morgan fingerprint density at radius 2 is 1.76 bits per heavy atom. The quantitative estimate of drug-likeness (QED) is 0.468. The highest BCUT2D eigenvalue weighted by Crippen LogP contribution is 2.19. The first-order valence-electron chi connectivity index (χ1n) is 11.5. The summed E-state index contributed by atoms with van der Waals surface area (Å²) in [7, 11) is 0. The van der Waals surface area contributed by atoms with E-state index in [1.165, 1.54) is 0 Å². The lowest BCUT2D eigenvalue weighted by Gasteiger charge is -2.34. The van der Waals surface area contributed by atoms with Crippen molar-refractivity contribution >= 4 is 22.8 Å². The van der Waals surface area contributed by atoms with Crippen molar-refractivity contribution < 1.29 is 9.59 Å². The first-order valence-corrected chi connectivity index (χ1v) is 11.5. The third-order valence-corrected chi connectivity index (χ3v) is 6.30. The summed E-state index contributed by atoms with van der Waals surface area (Å²) in [6, 6.07) is 16.1. The number of hydrogen-bond acceptors (Lipinski definition) is 3.